The molecule has 3 rings (SSSR count). The minimum atomic E-state index is -3.86. The summed E-state index contributed by atoms with van der Waals surface area (Å²) in [5.41, 5.74) is 1.34. The fraction of sp³-hybridized carbons (Fsp3) is 0.263. The van der Waals surface area contributed by atoms with Gasteiger partial charge in [0.05, 0.1) is 27.2 Å². The first-order valence-electron chi connectivity index (χ1n) is 8.87. The van der Waals surface area contributed by atoms with Crippen molar-refractivity contribution in [3.63, 3.8) is 0 Å². The maximum atomic E-state index is 13.1. The van der Waals surface area contributed by atoms with Gasteiger partial charge in [-0.25, -0.2) is 8.42 Å². The van der Waals surface area contributed by atoms with Crippen LogP contribution in [0, 0.1) is 0 Å². The number of carbonyl (C=O) groups is 1. The Morgan fingerprint density at radius 1 is 1.23 bits per heavy atom. The van der Waals surface area contributed by atoms with Crippen LogP contribution in [0.1, 0.15) is 13.3 Å². The number of aromatic nitrogens is 1. The third kappa shape index (κ3) is 4.49. The van der Waals surface area contributed by atoms with Gasteiger partial charge >= 0.3 is 4.87 Å². The smallest absolute Gasteiger partial charge is 0.307 e. The van der Waals surface area contributed by atoms with E-state index in [1.165, 1.54) is 22.8 Å². The zero-order chi connectivity index (χ0) is 22.2. The van der Waals surface area contributed by atoms with Crippen molar-refractivity contribution in [2.24, 2.45) is 7.05 Å². The molecule has 0 aliphatic rings. The average molecular weight is 488 g/mol. The number of sulfonamides is 1. The van der Waals surface area contributed by atoms with Crippen LogP contribution in [-0.4, -0.2) is 31.2 Å². The highest BCUT2D eigenvalue weighted by Crippen LogP contribution is 2.33. The molecular formula is C19H19Cl2N3O4S2. The number of anilines is 2. The summed E-state index contributed by atoms with van der Waals surface area (Å²) in [6, 6.07) is 8.45. The summed E-state index contributed by atoms with van der Waals surface area (Å²) in [6.07, 6.45) is 1.20. The van der Waals surface area contributed by atoms with E-state index in [9.17, 15) is 18.0 Å². The van der Waals surface area contributed by atoms with E-state index in [0.29, 0.717) is 15.4 Å². The number of nitrogens with one attached hydrogen (secondary N) is 1. The van der Waals surface area contributed by atoms with Crippen LogP contribution in [0.5, 0.6) is 0 Å². The Balaban J connectivity index is 1.98. The second-order valence-electron chi connectivity index (χ2n) is 6.68. The number of halogens is 2. The lowest BCUT2D eigenvalue weighted by Gasteiger charge is -2.30. The number of thiazole rings is 1. The molecule has 160 valence electrons. The second kappa shape index (κ2) is 8.58. The molecule has 7 nitrogen and oxygen atoms in total. The number of hydrogen-bond donors (Lipinski definition) is 1. The van der Waals surface area contributed by atoms with Gasteiger partial charge in [0, 0.05) is 17.8 Å². The Kier molecular flexibility index (Phi) is 6.47. The Morgan fingerprint density at radius 2 is 1.93 bits per heavy atom. The molecule has 1 aromatic heterocycles. The van der Waals surface area contributed by atoms with Crippen molar-refractivity contribution in [3.8, 4) is 0 Å². The van der Waals surface area contributed by atoms with Crippen LogP contribution in [0.3, 0.4) is 0 Å². The number of nitrogens with zero attached hydrogens (tertiary/aromatic N) is 2. The van der Waals surface area contributed by atoms with Crippen molar-refractivity contribution >= 4 is 72.1 Å². The Morgan fingerprint density at radius 3 is 2.57 bits per heavy atom. The largest absolute Gasteiger partial charge is 0.324 e. The van der Waals surface area contributed by atoms with E-state index in [0.717, 1.165) is 27.4 Å². The van der Waals surface area contributed by atoms with E-state index < -0.39 is 22.0 Å². The molecular weight excluding hydrogens is 469 g/mol. The van der Waals surface area contributed by atoms with E-state index in [-0.39, 0.29) is 22.0 Å². The number of benzene rings is 2. The van der Waals surface area contributed by atoms with Crippen LogP contribution < -0.4 is 14.5 Å². The molecule has 0 saturated heterocycles. The maximum Gasteiger partial charge on any atom is 0.307 e. The van der Waals surface area contributed by atoms with Crippen LogP contribution in [0.4, 0.5) is 11.4 Å². The summed E-state index contributed by atoms with van der Waals surface area (Å²) < 4.78 is 28.4. The molecule has 1 N–H and O–H groups in total. The van der Waals surface area contributed by atoms with Crippen LogP contribution in [0.25, 0.3) is 10.2 Å². The molecule has 1 atom stereocenters. The first-order chi connectivity index (χ1) is 14.0. The highest BCUT2D eigenvalue weighted by Gasteiger charge is 2.33. The second-order valence-corrected chi connectivity index (χ2v) is 10.4. The average Bonchev–Trinajstić information content (AvgIpc) is 2.94. The summed E-state index contributed by atoms with van der Waals surface area (Å²) in [4.78, 5) is 24.8. The fourth-order valence-electron chi connectivity index (χ4n) is 3.13. The molecule has 0 aliphatic heterocycles. The predicted octanol–water partition coefficient (Wildman–Crippen LogP) is 4.09. The molecule has 0 bridgehead atoms. The standard InChI is InChI=1S/C19H19Cl2N3O4S2/c1-4-14(24(30(3,27)28)16-9-11(20)5-7-13(16)21)18(25)22-12-6-8-15-17(10-12)29-19(26)23(15)2/h5-10,14H,4H2,1-3H3,(H,22,25)/t14-/m1/s1. The molecule has 0 fully saturated rings. The summed E-state index contributed by atoms with van der Waals surface area (Å²) >= 11 is 13.3. The molecule has 1 amide bonds. The lowest BCUT2D eigenvalue weighted by molar-refractivity contribution is -0.117. The number of rotatable bonds is 6. The van der Waals surface area contributed by atoms with E-state index >= 15 is 0 Å². The first kappa shape index (κ1) is 22.6. The van der Waals surface area contributed by atoms with Crippen LogP contribution in [-0.2, 0) is 21.9 Å². The maximum absolute atomic E-state index is 13.1. The number of carbonyl (C=O) groups excluding carboxylic acids is 1. The number of amides is 1. The van der Waals surface area contributed by atoms with Gasteiger partial charge in [0.15, 0.2) is 0 Å². The molecule has 30 heavy (non-hydrogen) atoms. The summed E-state index contributed by atoms with van der Waals surface area (Å²) in [6.45, 7) is 1.70. The molecule has 2 aromatic carbocycles. The third-order valence-electron chi connectivity index (χ3n) is 4.54. The summed E-state index contributed by atoms with van der Waals surface area (Å²) in [7, 11) is -2.18. The van der Waals surface area contributed by atoms with Crippen molar-refractivity contribution in [1.82, 2.24) is 4.57 Å². The Bertz CT molecular complexity index is 1280. The minimum Gasteiger partial charge on any atom is -0.324 e. The highest BCUT2D eigenvalue weighted by molar-refractivity contribution is 7.92. The fourth-order valence-corrected chi connectivity index (χ4v) is 5.69. The van der Waals surface area contributed by atoms with Gasteiger partial charge in [-0.3, -0.25) is 13.9 Å². The lowest BCUT2D eigenvalue weighted by Crippen LogP contribution is -2.47. The molecule has 0 aliphatic carbocycles. The van der Waals surface area contributed by atoms with Gasteiger partial charge < -0.3 is 9.88 Å². The molecule has 3 aromatic rings. The molecule has 0 radical (unpaired) electrons. The number of fused-ring (bicyclic) bond motifs is 1. The molecule has 1 heterocycles. The van der Waals surface area contributed by atoms with Gasteiger partial charge in [-0.15, -0.1) is 0 Å². The topological polar surface area (TPSA) is 88.5 Å². The zero-order valence-electron chi connectivity index (χ0n) is 16.3. The molecule has 11 heteroatoms. The SMILES string of the molecule is CC[C@H](C(=O)Nc1ccc2c(c1)sc(=O)n2C)N(c1cc(Cl)ccc1Cl)S(C)(=O)=O. The zero-order valence-corrected chi connectivity index (χ0v) is 19.5. The monoisotopic (exact) mass is 487 g/mol. The molecule has 0 saturated carbocycles. The van der Waals surface area contributed by atoms with Gasteiger partial charge in [-0.1, -0.05) is 41.5 Å². The third-order valence-corrected chi connectivity index (χ3v) is 7.25. The predicted molar refractivity (Wildman–Crippen MR) is 124 cm³/mol. The van der Waals surface area contributed by atoms with Gasteiger partial charge in [-0.05, 0) is 42.8 Å². The Hall–Kier alpha value is -2.07. The van der Waals surface area contributed by atoms with Gasteiger partial charge in [0.1, 0.15) is 6.04 Å². The van der Waals surface area contributed by atoms with E-state index in [1.807, 2.05) is 0 Å². The summed E-state index contributed by atoms with van der Waals surface area (Å²) in [5, 5.41) is 3.20. The van der Waals surface area contributed by atoms with Crippen LogP contribution >= 0.6 is 34.5 Å². The highest BCUT2D eigenvalue weighted by atomic mass is 35.5. The molecule has 0 unspecified atom stereocenters. The normalized spacial score (nSPS) is 12.7. The van der Waals surface area contributed by atoms with Crippen molar-refractivity contribution in [3.05, 3.63) is 56.1 Å². The van der Waals surface area contributed by atoms with Crippen molar-refractivity contribution in [2.45, 2.75) is 19.4 Å². The quantitative estimate of drug-likeness (QED) is 0.566. The first-order valence-corrected chi connectivity index (χ1v) is 12.3. The van der Waals surface area contributed by atoms with Crippen LogP contribution in [0.2, 0.25) is 10.0 Å². The van der Waals surface area contributed by atoms with Gasteiger partial charge in [0.2, 0.25) is 15.9 Å². The van der Waals surface area contributed by atoms with Gasteiger partial charge in [-0.2, -0.15) is 0 Å². The van der Waals surface area contributed by atoms with Gasteiger partial charge in [0.25, 0.3) is 0 Å². The van der Waals surface area contributed by atoms with E-state index in [1.54, 1.807) is 32.2 Å². The molecule has 0 spiro atoms. The summed E-state index contributed by atoms with van der Waals surface area (Å²) in [5.74, 6) is -0.526. The minimum absolute atomic E-state index is 0.112. The van der Waals surface area contributed by atoms with Crippen molar-refractivity contribution in [1.29, 1.82) is 0 Å². The number of aryl methyl sites for hydroxylation is 1. The van der Waals surface area contributed by atoms with Crippen molar-refractivity contribution in [2.75, 3.05) is 15.9 Å². The van der Waals surface area contributed by atoms with E-state index in [4.69, 9.17) is 23.2 Å². The van der Waals surface area contributed by atoms with Crippen LogP contribution in [0.15, 0.2) is 41.2 Å². The Labute approximate surface area is 187 Å². The number of hydrogen-bond acceptors (Lipinski definition) is 5. The lowest BCUT2D eigenvalue weighted by atomic mass is 10.1. The van der Waals surface area contributed by atoms with Crippen molar-refractivity contribution < 1.29 is 13.2 Å². The van der Waals surface area contributed by atoms with E-state index in [2.05, 4.69) is 5.32 Å².